The van der Waals surface area contributed by atoms with E-state index < -0.39 is 0 Å². The molecule has 92 valence electrons. The molecule has 0 aliphatic rings. The first-order valence-electron chi connectivity index (χ1n) is 5.62. The summed E-state index contributed by atoms with van der Waals surface area (Å²) in [7, 11) is 0. The fourth-order valence-electron chi connectivity index (χ4n) is 1.58. The molecular weight excluding hydrogens is 242 g/mol. The van der Waals surface area contributed by atoms with Gasteiger partial charge in [-0.2, -0.15) is 0 Å². The van der Waals surface area contributed by atoms with E-state index in [0.29, 0.717) is 5.69 Å². The number of rotatable bonds is 3. The van der Waals surface area contributed by atoms with E-state index in [9.17, 15) is 0 Å². The summed E-state index contributed by atoms with van der Waals surface area (Å²) in [6.45, 7) is 4.18. The smallest absolute Gasteiger partial charge is 0.142 e. The highest BCUT2D eigenvalue weighted by atomic mass is 32.2. The second-order valence-corrected chi connectivity index (χ2v) is 5.23. The molecular formula is C14H15N3S. The summed E-state index contributed by atoms with van der Waals surface area (Å²) in [5, 5.41) is 7.52. The fourth-order valence-corrected chi connectivity index (χ4v) is 2.61. The van der Waals surface area contributed by atoms with Crippen molar-refractivity contribution < 1.29 is 0 Å². The van der Waals surface area contributed by atoms with Gasteiger partial charge < -0.3 is 5.73 Å². The first-order chi connectivity index (χ1) is 8.58. The van der Waals surface area contributed by atoms with Crippen molar-refractivity contribution in [2.45, 2.75) is 23.6 Å². The third kappa shape index (κ3) is 2.71. The predicted octanol–water partition coefficient (Wildman–Crippen LogP) is 3.13. The summed E-state index contributed by atoms with van der Waals surface area (Å²) in [4.78, 5) is 6.19. The van der Waals surface area contributed by atoms with Gasteiger partial charge >= 0.3 is 0 Å². The molecule has 1 aromatic carbocycles. The number of pyridine rings is 1. The molecule has 0 unspecified atom stereocenters. The molecule has 0 spiro atoms. The largest absolute Gasteiger partial charge is 0.382 e. The Kier molecular flexibility index (Phi) is 3.67. The molecule has 3 N–H and O–H groups in total. The number of aromatic nitrogens is 1. The molecule has 0 bridgehead atoms. The summed E-state index contributed by atoms with van der Waals surface area (Å²) in [5.41, 5.74) is 8.60. The zero-order chi connectivity index (χ0) is 13.1. The van der Waals surface area contributed by atoms with E-state index in [4.69, 9.17) is 11.1 Å². The van der Waals surface area contributed by atoms with Gasteiger partial charge in [0.1, 0.15) is 11.5 Å². The highest BCUT2D eigenvalue weighted by molar-refractivity contribution is 7.99. The quantitative estimate of drug-likeness (QED) is 0.656. The minimum atomic E-state index is 0.00179. The van der Waals surface area contributed by atoms with Crippen LogP contribution >= 0.6 is 11.8 Å². The molecule has 4 heteroatoms. The number of aryl methyl sites for hydroxylation is 2. The van der Waals surface area contributed by atoms with Gasteiger partial charge in [-0.05, 0) is 49.2 Å². The van der Waals surface area contributed by atoms with Crippen molar-refractivity contribution in [2.75, 3.05) is 0 Å². The summed E-state index contributed by atoms with van der Waals surface area (Å²) in [6.07, 6.45) is 1.65. The van der Waals surface area contributed by atoms with Gasteiger partial charge in [0.25, 0.3) is 0 Å². The Morgan fingerprint density at radius 1 is 1.22 bits per heavy atom. The maximum Gasteiger partial charge on any atom is 0.142 e. The van der Waals surface area contributed by atoms with Gasteiger partial charge in [0.05, 0.1) is 0 Å². The standard InChI is InChI=1S/C14H15N3S/c1-9-5-6-11(8-10(9)2)18-12-4-3-7-17-13(12)14(15)16/h3-8H,1-2H3,(H3,15,16). The van der Waals surface area contributed by atoms with Gasteiger partial charge in [-0.15, -0.1) is 0 Å². The van der Waals surface area contributed by atoms with Gasteiger partial charge in [0.15, 0.2) is 0 Å². The Morgan fingerprint density at radius 3 is 2.67 bits per heavy atom. The maximum atomic E-state index is 7.52. The molecule has 18 heavy (non-hydrogen) atoms. The zero-order valence-corrected chi connectivity index (χ0v) is 11.2. The number of nitrogens with two attached hydrogens (primary N) is 1. The Balaban J connectivity index is 2.34. The minimum absolute atomic E-state index is 0.00179. The average Bonchev–Trinajstić information content (AvgIpc) is 2.34. The molecule has 0 atom stereocenters. The highest BCUT2D eigenvalue weighted by Crippen LogP contribution is 2.30. The predicted molar refractivity (Wildman–Crippen MR) is 75.3 cm³/mol. The van der Waals surface area contributed by atoms with Gasteiger partial charge in [-0.25, -0.2) is 0 Å². The van der Waals surface area contributed by atoms with Crippen LogP contribution < -0.4 is 5.73 Å². The number of amidine groups is 1. The Hall–Kier alpha value is -1.81. The zero-order valence-electron chi connectivity index (χ0n) is 10.4. The first kappa shape index (κ1) is 12.6. The van der Waals surface area contributed by atoms with Gasteiger partial charge in [-0.1, -0.05) is 17.8 Å². The van der Waals surface area contributed by atoms with Crippen LogP contribution in [0.5, 0.6) is 0 Å². The maximum absolute atomic E-state index is 7.52. The third-order valence-corrected chi connectivity index (χ3v) is 3.77. The molecule has 0 fully saturated rings. The lowest BCUT2D eigenvalue weighted by molar-refractivity contribution is 1.17. The Bertz CT molecular complexity index is 593. The summed E-state index contributed by atoms with van der Waals surface area (Å²) >= 11 is 1.58. The third-order valence-electron chi connectivity index (χ3n) is 2.73. The van der Waals surface area contributed by atoms with Crippen molar-refractivity contribution in [3.8, 4) is 0 Å². The average molecular weight is 257 g/mol. The van der Waals surface area contributed by atoms with Crippen LogP contribution in [0.15, 0.2) is 46.3 Å². The second-order valence-electron chi connectivity index (χ2n) is 4.11. The van der Waals surface area contributed by atoms with Gasteiger partial charge in [0.2, 0.25) is 0 Å². The van der Waals surface area contributed by atoms with Crippen molar-refractivity contribution in [3.63, 3.8) is 0 Å². The normalized spacial score (nSPS) is 10.3. The topological polar surface area (TPSA) is 62.8 Å². The van der Waals surface area contributed by atoms with Crippen LogP contribution in [0.2, 0.25) is 0 Å². The van der Waals surface area contributed by atoms with Crippen LogP contribution in [0.25, 0.3) is 0 Å². The number of hydrogen-bond acceptors (Lipinski definition) is 3. The van der Waals surface area contributed by atoms with E-state index in [1.54, 1.807) is 18.0 Å². The number of hydrogen-bond donors (Lipinski definition) is 2. The van der Waals surface area contributed by atoms with Crippen molar-refractivity contribution in [1.82, 2.24) is 4.98 Å². The molecule has 0 amide bonds. The van der Waals surface area contributed by atoms with Crippen molar-refractivity contribution in [2.24, 2.45) is 5.73 Å². The lowest BCUT2D eigenvalue weighted by Gasteiger charge is -2.08. The summed E-state index contributed by atoms with van der Waals surface area (Å²) in [5.74, 6) is 0.00179. The minimum Gasteiger partial charge on any atom is -0.382 e. The SMILES string of the molecule is Cc1ccc(Sc2cccnc2C(=N)N)cc1C. The summed E-state index contributed by atoms with van der Waals surface area (Å²) in [6, 6.07) is 10.1. The molecule has 3 nitrogen and oxygen atoms in total. The number of nitrogens with zero attached hydrogens (tertiary/aromatic N) is 1. The molecule has 0 radical (unpaired) electrons. The van der Waals surface area contributed by atoms with Crippen LogP contribution in [0.1, 0.15) is 16.8 Å². The van der Waals surface area contributed by atoms with Crippen LogP contribution in [0.3, 0.4) is 0 Å². The molecule has 2 rings (SSSR count). The van der Waals surface area contributed by atoms with Gasteiger partial charge in [0, 0.05) is 16.0 Å². The van der Waals surface area contributed by atoms with Crippen LogP contribution in [-0.4, -0.2) is 10.8 Å². The van der Waals surface area contributed by atoms with Crippen molar-refractivity contribution >= 4 is 17.6 Å². The molecule has 1 heterocycles. The molecule has 0 saturated heterocycles. The van der Waals surface area contributed by atoms with E-state index >= 15 is 0 Å². The fraction of sp³-hybridized carbons (Fsp3) is 0.143. The number of nitrogen functional groups attached to an aromatic ring is 1. The van der Waals surface area contributed by atoms with E-state index in [2.05, 4.69) is 37.0 Å². The van der Waals surface area contributed by atoms with E-state index in [1.165, 1.54) is 11.1 Å². The monoisotopic (exact) mass is 257 g/mol. The van der Waals surface area contributed by atoms with Crippen LogP contribution in [0.4, 0.5) is 0 Å². The van der Waals surface area contributed by atoms with E-state index in [1.807, 2.05) is 12.1 Å². The Labute approximate surface area is 111 Å². The molecule has 0 saturated carbocycles. The molecule has 2 aromatic rings. The molecule has 1 aromatic heterocycles. The number of benzene rings is 1. The van der Waals surface area contributed by atoms with Crippen molar-refractivity contribution in [3.05, 3.63) is 53.3 Å². The van der Waals surface area contributed by atoms with Crippen molar-refractivity contribution in [1.29, 1.82) is 5.41 Å². The second kappa shape index (κ2) is 5.23. The molecule has 0 aliphatic carbocycles. The highest BCUT2D eigenvalue weighted by Gasteiger charge is 2.08. The van der Waals surface area contributed by atoms with E-state index in [-0.39, 0.29) is 5.84 Å². The lowest BCUT2D eigenvalue weighted by atomic mass is 10.1. The van der Waals surface area contributed by atoms with Gasteiger partial charge in [-0.3, -0.25) is 10.4 Å². The van der Waals surface area contributed by atoms with Crippen LogP contribution in [0, 0.1) is 19.3 Å². The number of nitrogens with one attached hydrogen (secondary N) is 1. The lowest BCUT2D eigenvalue weighted by Crippen LogP contribution is -2.14. The van der Waals surface area contributed by atoms with Crippen LogP contribution in [-0.2, 0) is 0 Å². The molecule has 0 aliphatic heterocycles. The van der Waals surface area contributed by atoms with E-state index in [0.717, 1.165) is 9.79 Å². The first-order valence-corrected chi connectivity index (χ1v) is 6.44. The summed E-state index contributed by atoms with van der Waals surface area (Å²) < 4.78 is 0. The Morgan fingerprint density at radius 2 is 2.00 bits per heavy atom.